The van der Waals surface area contributed by atoms with E-state index in [0.29, 0.717) is 24.2 Å². The summed E-state index contributed by atoms with van der Waals surface area (Å²) in [6.45, 7) is 8.62. The Labute approximate surface area is 151 Å². The van der Waals surface area contributed by atoms with Gasteiger partial charge < -0.3 is 16.0 Å². The number of rotatable bonds is 9. The van der Waals surface area contributed by atoms with Crippen LogP contribution >= 0.6 is 12.4 Å². The van der Waals surface area contributed by atoms with Gasteiger partial charge in [-0.2, -0.15) is 0 Å². The second-order valence-corrected chi connectivity index (χ2v) is 5.92. The molecule has 0 radical (unpaired) electrons. The molecule has 6 heteroatoms. The molecule has 0 fully saturated rings. The third-order valence-corrected chi connectivity index (χ3v) is 3.66. The van der Waals surface area contributed by atoms with Gasteiger partial charge in [-0.15, -0.1) is 12.4 Å². The van der Waals surface area contributed by atoms with Crippen LogP contribution in [-0.2, 0) is 0 Å². The fourth-order valence-electron chi connectivity index (χ4n) is 2.28. The summed E-state index contributed by atoms with van der Waals surface area (Å²) >= 11 is 0. The van der Waals surface area contributed by atoms with E-state index in [1.165, 1.54) is 0 Å². The van der Waals surface area contributed by atoms with Crippen molar-refractivity contribution in [1.82, 2.24) is 10.2 Å². The Morgan fingerprint density at radius 1 is 1.17 bits per heavy atom. The fraction of sp³-hybridized carbons (Fsp3) is 0.556. The van der Waals surface area contributed by atoms with Crippen molar-refractivity contribution < 1.29 is 9.59 Å². The third-order valence-electron chi connectivity index (χ3n) is 3.66. The van der Waals surface area contributed by atoms with Gasteiger partial charge in [-0.05, 0) is 43.5 Å². The smallest absolute Gasteiger partial charge is 0.253 e. The van der Waals surface area contributed by atoms with Crippen molar-refractivity contribution in [3.05, 3.63) is 35.4 Å². The molecule has 5 nitrogen and oxygen atoms in total. The Balaban J connectivity index is 0.00000529. The van der Waals surface area contributed by atoms with Gasteiger partial charge in [0.25, 0.3) is 11.8 Å². The monoisotopic (exact) mass is 355 g/mol. The summed E-state index contributed by atoms with van der Waals surface area (Å²) in [4.78, 5) is 26.6. The molecule has 0 heterocycles. The molecule has 1 aromatic carbocycles. The van der Waals surface area contributed by atoms with Gasteiger partial charge in [-0.1, -0.05) is 26.8 Å². The van der Waals surface area contributed by atoms with Crippen LogP contribution in [0.5, 0.6) is 0 Å². The number of hydrogen-bond donors (Lipinski definition) is 2. The molecule has 2 amide bonds. The lowest BCUT2D eigenvalue weighted by Gasteiger charge is -2.21. The van der Waals surface area contributed by atoms with Crippen molar-refractivity contribution in [2.45, 2.75) is 33.6 Å². The van der Waals surface area contributed by atoms with E-state index in [0.717, 1.165) is 25.9 Å². The van der Waals surface area contributed by atoms with Gasteiger partial charge >= 0.3 is 0 Å². The molecule has 1 unspecified atom stereocenters. The highest BCUT2D eigenvalue weighted by Crippen LogP contribution is 2.10. The van der Waals surface area contributed by atoms with E-state index >= 15 is 0 Å². The first-order chi connectivity index (χ1) is 11.0. The van der Waals surface area contributed by atoms with Crippen LogP contribution in [0.3, 0.4) is 0 Å². The van der Waals surface area contributed by atoms with Crippen molar-refractivity contribution >= 4 is 24.2 Å². The highest BCUT2D eigenvalue weighted by atomic mass is 35.5. The maximum absolute atomic E-state index is 12.6. The van der Waals surface area contributed by atoms with Gasteiger partial charge in [-0.25, -0.2) is 0 Å². The maximum Gasteiger partial charge on any atom is 0.253 e. The van der Waals surface area contributed by atoms with Crippen LogP contribution in [0.25, 0.3) is 0 Å². The molecule has 1 aromatic rings. The topological polar surface area (TPSA) is 75.4 Å². The summed E-state index contributed by atoms with van der Waals surface area (Å²) in [6.07, 6.45) is 1.84. The summed E-state index contributed by atoms with van der Waals surface area (Å²) in [5.74, 6) is 0.0459. The standard InChI is InChI=1S/C18H29N3O2.ClH/c1-4-9-21(10-5-2)18(23)16-8-6-7-15(11-16)17(22)20-13-14(3)12-19;/h6-8,11,14H,4-5,9-10,12-13,19H2,1-3H3,(H,20,22);1H. The molecule has 0 aliphatic rings. The number of nitrogens with two attached hydrogens (primary N) is 1. The Hall–Kier alpha value is -1.59. The summed E-state index contributed by atoms with van der Waals surface area (Å²) in [6, 6.07) is 6.91. The minimum absolute atomic E-state index is 0. The van der Waals surface area contributed by atoms with E-state index in [1.807, 2.05) is 11.8 Å². The lowest BCUT2D eigenvalue weighted by atomic mass is 10.1. The van der Waals surface area contributed by atoms with E-state index in [4.69, 9.17) is 5.73 Å². The van der Waals surface area contributed by atoms with Crippen molar-refractivity contribution in [1.29, 1.82) is 0 Å². The number of carbonyl (C=O) groups is 2. The van der Waals surface area contributed by atoms with E-state index in [2.05, 4.69) is 19.2 Å². The zero-order valence-corrected chi connectivity index (χ0v) is 15.7. The van der Waals surface area contributed by atoms with E-state index in [1.54, 1.807) is 24.3 Å². The average molecular weight is 356 g/mol. The second kappa shape index (κ2) is 11.9. The molecular weight excluding hydrogens is 326 g/mol. The molecule has 0 bridgehead atoms. The molecule has 3 N–H and O–H groups in total. The van der Waals surface area contributed by atoms with Crippen LogP contribution in [0.4, 0.5) is 0 Å². The van der Waals surface area contributed by atoms with Crippen LogP contribution in [0.15, 0.2) is 24.3 Å². The SMILES string of the molecule is CCCN(CCC)C(=O)c1cccc(C(=O)NCC(C)CN)c1.Cl. The van der Waals surface area contributed by atoms with Gasteiger partial charge in [-0.3, -0.25) is 9.59 Å². The van der Waals surface area contributed by atoms with Gasteiger partial charge in [0, 0.05) is 30.8 Å². The summed E-state index contributed by atoms with van der Waals surface area (Å²) in [5.41, 5.74) is 6.62. The predicted octanol–water partition coefficient (Wildman–Crippen LogP) is 2.70. The molecule has 0 saturated heterocycles. The first-order valence-corrected chi connectivity index (χ1v) is 8.41. The maximum atomic E-state index is 12.6. The second-order valence-electron chi connectivity index (χ2n) is 5.92. The highest BCUT2D eigenvalue weighted by molar-refractivity contribution is 5.99. The van der Waals surface area contributed by atoms with Gasteiger partial charge in [0.2, 0.25) is 0 Å². The lowest BCUT2D eigenvalue weighted by Crippen LogP contribution is -2.33. The highest BCUT2D eigenvalue weighted by Gasteiger charge is 2.16. The molecule has 0 saturated carbocycles. The Morgan fingerprint density at radius 2 is 1.75 bits per heavy atom. The molecular formula is C18H30ClN3O2. The van der Waals surface area contributed by atoms with Crippen LogP contribution in [0, 0.1) is 5.92 Å². The molecule has 0 aliphatic carbocycles. The van der Waals surface area contributed by atoms with Crippen LogP contribution in [0.1, 0.15) is 54.3 Å². The summed E-state index contributed by atoms with van der Waals surface area (Å²) in [7, 11) is 0. The molecule has 24 heavy (non-hydrogen) atoms. The first-order valence-electron chi connectivity index (χ1n) is 8.41. The minimum Gasteiger partial charge on any atom is -0.352 e. The predicted molar refractivity (Wildman–Crippen MR) is 101 cm³/mol. The normalized spacial score (nSPS) is 11.3. The van der Waals surface area contributed by atoms with Crippen LogP contribution in [0.2, 0.25) is 0 Å². The first kappa shape index (κ1) is 22.4. The molecule has 1 rings (SSSR count). The summed E-state index contributed by atoms with van der Waals surface area (Å²) in [5, 5.41) is 2.85. The molecule has 0 aliphatic heterocycles. The van der Waals surface area contributed by atoms with Crippen molar-refractivity contribution in [2.75, 3.05) is 26.2 Å². The molecule has 136 valence electrons. The number of hydrogen-bond acceptors (Lipinski definition) is 3. The largest absolute Gasteiger partial charge is 0.352 e. The molecule has 0 spiro atoms. The van der Waals surface area contributed by atoms with E-state index < -0.39 is 0 Å². The summed E-state index contributed by atoms with van der Waals surface area (Å²) < 4.78 is 0. The van der Waals surface area contributed by atoms with Crippen molar-refractivity contribution in [2.24, 2.45) is 11.7 Å². The average Bonchev–Trinajstić information content (AvgIpc) is 2.58. The number of amides is 2. The Morgan fingerprint density at radius 3 is 2.29 bits per heavy atom. The number of carbonyl (C=O) groups excluding carboxylic acids is 2. The zero-order chi connectivity index (χ0) is 17.2. The van der Waals surface area contributed by atoms with Crippen molar-refractivity contribution in [3.63, 3.8) is 0 Å². The van der Waals surface area contributed by atoms with E-state index in [9.17, 15) is 9.59 Å². The zero-order valence-electron chi connectivity index (χ0n) is 14.9. The molecule has 0 aromatic heterocycles. The van der Waals surface area contributed by atoms with Gasteiger partial charge in [0.1, 0.15) is 0 Å². The van der Waals surface area contributed by atoms with Crippen molar-refractivity contribution in [3.8, 4) is 0 Å². The van der Waals surface area contributed by atoms with Gasteiger partial charge in [0.05, 0.1) is 0 Å². The number of nitrogens with one attached hydrogen (secondary N) is 1. The Kier molecular flexibility index (Phi) is 11.1. The number of halogens is 1. The third kappa shape index (κ3) is 6.89. The minimum atomic E-state index is -0.169. The molecule has 1 atom stereocenters. The van der Waals surface area contributed by atoms with Crippen LogP contribution in [-0.4, -0.2) is 42.9 Å². The Bertz CT molecular complexity index is 517. The fourth-order valence-corrected chi connectivity index (χ4v) is 2.28. The lowest BCUT2D eigenvalue weighted by molar-refractivity contribution is 0.0755. The van der Waals surface area contributed by atoms with E-state index in [-0.39, 0.29) is 30.1 Å². The van der Waals surface area contributed by atoms with Crippen LogP contribution < -0.4 is 11.1 Å². The number of nitrogens with zero attached hydrogens (tertiary/aromatic N) is 1. The van der Waals surface area contributed by atoms with Gasteiger partial charge in [0.15, 0.2) is 0 Å². The quantitative estimate of drug-likeness (QED) is 0.715. The number of benzene rings is 1.